The lowest BCUT2D eigenvalue weighted by Crippen LogP contribution is -2.29. The van der Waals surface area contributed by atoms with Crippen LogP contribution in [-0.4, -0.2) is 24.0 Å². The molecule has 0 spiro atoms. The van der Waals surface area contributed by atoms with Crippen LogP contribution < -0.4 is 4.90 Å². The Morgan fingerprint density at radius 3 is 2.21 bits per heavy atom. The lowest BCUT2D eigenvalue weighted by atomic mass is 10.0. The van der Waals surface area contributed by atoms with Crippen LogP contribution in [0.2, 0.25) is 0 Å². The third-order valence-corrected chi connectivity index (χ3v) is 3.93. The zero-order valence-corrected chi connectivity index (χ0v) is 11.7. The minimum atomic E-state index is -0.872. The van der Waals surface area contributed by atoms with Crippen molar-refractivity contribution in [3.05, 3.63) is 28.8 Å². The number of carboxylic acid groups (broad SMARTS) is 1. The summed E-state index contributed by atoms with van der Waals surface area (Å²) in [6.45, 7) is 6.01. The average molecular weight is 261 g/mol. The molecule has 0 heterocycles. The summed E-state index contributed by atoms with van der Waals surface area (Å²) in [4.78, 5) is 24.7. The van der Waals surface area contributed by atoms with Gasteiger partial charge in [0.1, 0.15) is 0 Å². The largest absolute Gasteiger partial charge is 0.481 e. The van der Waals surface area contributed by atoms with Crippen molar-refractivity contribution in [2.75, 3.05) is 11.9 Å². The Morgan fingerprint density at radius 2 is 1.68 bits per heavy atom. The number of hydrogen-bond donors (Lipinski definition) is 1. The van der Waals surface area contributed by atoms with Gasteiger partial charge in [0.15, 0.2) is 0 Å². The molecule has 1 fully saturated rings. The van der Waals surface area contributed by atoms with Gasteiger partial charge in [0.05, 0.1) is 11.8 Å². The molecule has 0 bridgehead atoms. The van der Waals surface area contributed by atoms with Gasteiger partial charge in [-0.25, -0.2) is 0 Å². The fourth-order valence-electron chi connectivity index (χ4n) is 2.41. The van der Waals surface area contributed by atoms with E-state index in [1.165, 1.54) is 5.56 Å². The molecule has 1 amide bonds. The molecule has 1 aliphatic rings. The van der Waals surface area contributed by atoms with Gasteiger partial charge in [0, 0.05) is 12.7 Å². The Kier molecular flexibility index (Phi) is 3.35. The summed E-state index contributed by atoms with van der Waals surface area (Å²) < 4.78 is 0. The summed E-state index contributed by atoms with van der Waals surface area (Å²) in [7, 11) is 1.72. The van der Waals surface area contributed by atoms with Gasteiger partial charge in [0.25, 0.3) is 0 Å². The molecule has 1 saturated carbocycles. The number of benzene rings is 1. The fourth-order valence-corrected chi connectivity index (χ4v) is 2.41. The predicted molar refractivity (Wildman–Crippen MR) is 73.3 cm³/mol. The highest BCUT2D eigenvalue weighted by atomic mass is 16.4. The maximum absolute atomic E-state index is 12.2. The van der Waals surface area contributed by atoms with Crippen molar-refractivity contribution in [3.8, 4) is 0 Å². The van der Waals surface area contributed by atoms with Gasteiger partial charge in [-0.05, 0) is 49.9 Å². The first-order valence-corrected chi connectivity index (χ1v) is 6.41. The number of carbonyl (C=O) groups is 2. The molecule has 1 aromatic carbocycles. The van der Waals surface area contributed by atoms with Crippen molar-refractivity contribution in [3.63, 3.8) is 0 Å². The van der Waals surface area contributed by atoms with E-state index in [4.69, 9.17) is 5.11 Å². The van der Waals surface area contributed by atoms with Gasteiger partial charge in [0.2, 0.25) is 5.91 Å². The molecule has 4 nitrogen and oxygen atoms in total. The standard InChI is InChI=1S/C15H19NO3/c1-8-5-10(3)13(6-9(8)2)16(4)14(17)11-7-12(11)15(18)19/h5-6,11-12H,7H2,1-4H3,(H,18,19). The van der Waals surface area contributed by atoms with Crippen LogP contribution in [0.25, 0.3) is 0 Å². The van der Waals surface area contributed by atoms with Gasteiger partial charge < -0.3 is 10.0 Å². The second-order valence-electron chi connectivity index (χ2n) is 5.41. The van der Waals surface area contributed by atoms with Crippen LogP contribution in [0.3, 0.4) is 0 Å². The van der Waals surface area contributed by atoms with Gasteiger partial charge in [-0.15, -0.1) is 0 Å². The minimum Gasteiger partial charge on any atom is -0.481 e. The molecule has 0 saturated heterocycles. The fraction of sp³-hybridized carbons (Fsp3) is 0.467. The first-order valence-electron chi connectivity index (χ1n) is 6.41. The number of carboxylic acids is 1. The smallest absolute Gasteiger partial charge is 0.307 e. The highest BCUT2D eigenvalue weighted by Crippen LogP contribution is 2.41. The highest BCUT2D eigenvalue weighted by Gasteiger charge is 2.49. The Hall–Kier alpha value is -1.84. The molecule has 0 radical (unpaired) electrons. The number of aliphatic carboxylic acids is 1. The quantitative estimate of drug-likeness (QED) is 0.908. The summed E-state index contributed by atoms with van der Waals surface area (Å²) in [6, 6.07) is 4.04. The lowest BCUT2D eigenvalue weighted by Gasteiger charge is -2.21. The maximum atomic E-state index is 12.2. The zero-order chi connectivity index (χ0) is 14.3. The van der Waals surface area contributed by atoms with Crippen LogP contribution in [0.1, 0.15) is 23.1 Å². The third kappa shape index (κ3) is 2.48. The molecule has 4 heteroatoms. The predicted octanol–water partition coefficient (Wildman–Crippen LogP) is 2.30. The van der Waals surface area contributed by atoms with Crippen molar-refractivity contribution in [2.24, 2.45) is 11.8 Å². The maximum Gasteiger partial charge on any atom is 0.307 e. The molecular weight excluding hydrogens is 242 g/mol. The SMILES string of the molecule is Cc1cc(C)c(N(C)C(=O)C2CC2C(=O)O)cc1C. The number of amides is 1. The van der Waals surface area contributed by atoms with Gasteiger partial charge in [-0.1, -0.05) is 6.07 Å². The van der Waals surface area contributed by atoms with Crippen LogP contribution in [0, 0.1) is 32.6 Å². The normalized spacial score (nSPS) is 21.1. The minimum absolute atomic E-state index is 0.0984. The van der Waals surface area contributed by atoms with Crippen molar-refractivity contribution in [1.29, 1.82) is 0 Å². The van der Waals surface area contributed by atoms with E-state index >= 15 is 0 Å². The number of rotatable bonds is 3. The number of carbonyl (C=O) groups excluding carboxylic acids is 1. The van der Waals surface area contributed by atoms with Crippen LogP contribution in [0.4, 0.5) is 5.69 Å². The van der Waals surface area contributed by atoms with E-state index in [1.54, 1.807) is 11.9 Å². The Balaban J connectivity index is 2.21. The van der Waals surface area contributed by atoms with Gasteiger partial charge in [-0.2, -0.15) is 0 Å². The molecule has 0 aliphatic heterocycles. The third-order valence-electron chi connectivity index (χ3n) is 3.93. The van der Waals surface area contributed by atoms with E-state index in [0.29, 0.717) is 6.42 Å². The van der Waals surface area contributed by atoms with Gasteiger partial charge >= 0.3 is 5.97 Å². The number of nitrogens with zero attached hydrogens (tertiary/aromatic N) is 1. The Bertz CT molecular complexity index is 551. The second-order valence-corrected chi connectivity index (χ2v) is 5.41. The first kappa shape index (κ1) is 13.6. The van der Waals surface area contributed by atoms with Crippen LogP contribution in [0.15, 0.2) is 12.1 Å². The van der Waals surface area contributed by atoms with Crippen LogP contribution >= 0.6 is 0 Å². The lowest BCUT2D eigenvalue weighted by molar-refractivity contribution is -0.139. The molecule has 1 aromatic rings. The van der Waals surface area contributed by atoms with Crippen LogP contribution in [0.5, 0.6) is 0 Å². The highest BCUT2D eigenvalue weighted by molar-refractivity contribution is 6.00. The summed E-state index contributed by atoms with van der Waals surface area (Å²) in [5.74, 6) is -1.83. The number of aryl methyl sites for hydroxylation is 3. The zero-order valence-electron chi connectivity index (χ0n) is 11.7. The molecule has 102 valence electrons. The van der Waals surface area contributed by atoms with E-state index in [1.807, 2.05) is 26.8 Å². The Labute approximate surface area is 113 Å². The molecule has 1 N–H and O–H groups in total. The molecule has 1 aliphatic carbocycles. The van der Waals surface area contributed by atoms with Crippen LogP contribution in [-0.2, 0) is 9.59 Å². The Morgan fingerprint density at radius 1 is 1.11 bits per heavy atom. The topological polar surface area (TPSA) is 57.6 Å². The molecule has 2 unspecified atom stereocenters. The van der Waals surface area contributed by atoms with E-state index < -0.39 is 11.9 Å². The van der Waals surface area contributed by atoms with E-state index in [2.05, 4.69) is 6.07 Å². The first-order chi connectivity index (χ1) is 8.82. The monoisotopic (exact) mass is 261 g/mol. The van der Waals surface area contributed by atoms with Crippen molar-refractivity contribution < 1.29 is 14.7 Å². The van der Waals surface area contributed by atoms with Gasteiger partial charge in [-0.3, -0.25) is 9.59 Å². The summed E-state index contributed by atoms with van der Waals surface area (Å²) >= 11 is 0. The van der Waals surface area contributed by atoms with E-state index in [9.17, 15) is 9.59 Å². The van der Waals surface area contributed by atoms with E-state index in [0.717, 1.165) is 16.8 Å². The molecule has 0 aromatic heterocycles. The van der Waals surface area contributed by atoms with E-state index in [-0.39, 0.29) is 11.8 Å². The summed E-state index contributed by atoms with van der Waals surface area (Å²) in [5.41, 5.74) is 4.22. The number of anilines is 1. The molecule has 2 rings (SSSR count). The molecule has 2 atom stereocenters. The van der Waals surface area contributed by atoms with Crippen molar-refractivity contribution in [1.82, 2.24) is 0 Å². The second kappa shape index (κ2) is 4.68. The van der Waals surface area contributed by atoms with Crippen molar-refractivity contribution in [2.45, 2.75) is 27.2 Å². The molecular formula is C15H19NO3. The molecule has 19 heavy (non-hydrogen) atoms. The summed E-state index contributed by atoms with van der Waals surface area (Å²) in [6.07, 6.45) is 0.461. The summed E-state index contributed by atoms with van der Waals surface area (Å²) in [5, 5.41) is 8.89. The number of hydrogen-bond acceptors (Lipinski definition) is 2. The average Bonchev–Trinajstić information content (AvgIpc) is 3.12. The van der Waals surface area contributed by atoms with Crippen molar-refractivity contribution >= 4 is 17.6 Å².